The number of halogens is 1. The number of ether oxygens (including phenoxy) is 2. The molecule has 0 atom stereocenters. The Bertz CT molecular complexity index is 407. The number of nitrogens with two attached hydrogens (primary N) is 1. The minimum atomic E-state index is -0.518. The van der Waals surface area contributed by atoms with Crippen LogP contribution in [0.3, 0.4) is 0 Å². The molecule has 1 rings (SSSR count). The zero-order chi connectivity index (χ0) is 13.5. The molecule has 4 nitrogen and oxygen atoms in total. The summed E-state index contributed by atoms with van der Waals surface area (Å²) in [5, 5.41) is 0. The van der Waals surface area contributed by atoms with E-state index in [4.69, 9.17) is 15.2 Å². The SMILES string of the molecule is CC(C)OC(=O)COc1ccc(CCN)cc1F. The van der Waals surface area contributed by atoms with Gasteiger partial charge in [-0.05, 0) is 44.5 Å². The summed E-state index contributed by atoms with van der Waals surface area (Å²) in [7, 11) is 0. The van der Waals surface area contributed by atoms with Crippen LogP contribution in [0.1, 0.15) is 19.4 Å². The van der Waals surface area contributed by atoms with Gasteiger partial charge in [-0.2, -0.15) is 0 Å². The maximum atomic E-state index is 13.6. The van der Waals surface area contributed by atoms with E-state index in [1.807, 2.05) is 0 Å². The van der Waals surface area contributed by atoms with E-state index >= 15 is 0 Å². The van der Waals surface area contributed by atoms with Crippen molar-refractivity contribution in [2.45, 2.75) is 26.4 Å². The summed E-state index contributed by atoms with van der Waals surface area (Å²) >= 11 is 0. The Morgan fingerprint density at radius 1 is 1.44 bits per heavy atom. The summed E-state index contributed by atoms with van der Waals surface area (Å²) in [5.74, 6) is -0.981. The van der Waals surface area contributed by atoms with Crippen molar-refractivity contribution in [1.82, 2.24) is 0 Å². The van der Waals surface area contributed by atoms with Crippen LogP contribution >= 0.6 is 0 Å². The van der Waals surface area contributed by atoms with Crippen molar-refractivity contribution in [3.8, 4) is 5.75 Å². The first kappa shape index (κ1) is 14.4. The highest BCUT2D eigenvalue weighted by atomic mass is 19.1. The van der Waals surface area contributed by atoms with E-state index in [1.54, 1.807) is 19.9 Å². The molecule has 1 aromatic carbocycles. The molecule has 2 N–H and O–H groups in total. The number of hydrogen-bond acceptors (Lipinski definition) is 4. The third-order valence-electron chi connectivity index (χ3n) is 2.14. The van der Waals surface area contributed by atoms with Gasteiger partial charge in [0.25, 0.3) is 0 Å². The van der Waals surface area contributed by atoms with E-state index in [0.717, 1.165) is 5.56 Å². The Labute approximate surface area is 106 Å². The fraction of sp³-hybridized carbons (Fsp3) is 0.462. The third kappa shape index (κ3) is 4.71. The molecule has 18 heavy (non-hydrogen) atoms. The monoisotopic (exact) mass is 255 g/mol. The number of carbonyl (C=O) groups excluding carboxylic acids is 1. The quantitative estimate of drug-likeness (QED) is 0.785. The first-order valence-electron chi connectivity index (χ1n) is 5.83. The van der Waals surface area contributed by atoms with Crippen molar-refractivity contribution in [2.24, 2.45) is 5.73 Å². The van der Waals surface area contributed by atoms with E-state index in [1.165, 1.54) is 12.1 Å². The maximum absolute atomic E-state index is 13.6. The average Bonchev–Trinajstić information content (AvgIpc) is 2.27. The first-order valence-corrected chi connectivity index (χ1v) is 5.83. The molecule has 0 spiro atoms. The van der Waals surface area contributed by atoms with Gasteiger partial charge in [-0.15, -0.1) is 0 Å². The van der Waals surface area contributed by atoms with Crippen LogP contribution in [0.5, 0.6) is 5.75 Å². The predicted octanol–water partition coefficient (Wildman–Crippen LogP) is 1.66. The van der Waals surface area contributed by atoms with Crippen LogP contribution in [-0.4, -0.2) is 25.2 Å². The van der Waals surface area contributed by atoms with Crippen LogP contribution in [0.15, 0.2) is 18.2 Å². The van der Waals surface area contributed by atoms with Gasteiger partial charge in [-0.25, -0.2) is 9.18 Å². The highest BCUT2D eigenvalue weighted by Gasteiger charge is 2.09. The Balaban J connectivity index is 2.55. The zero-order valence-corrected chi connectivity index (χ0v) is 10.6. The van der Waals surface area contributed by atoms with E-state index in [2.05, 4.69) is 0 Å². The van der Waals surface area contributed by atoms with Crippen molar-refractivity contribution >= 4 is 5.97 Å². The molecule has 0 aliphatic rings. The van der Waals surface area contributed by atoms with Crippen LogP contribution in [0.4, 0.5) is 4.39 Å². The fourth-order valence-electron chi connectivity index (χ4n) is 1.42. The standard InChI is InChI=1S/C13H18FNO3/c1-9(2)18-13(16)8-17-12-4-3-10(5-6-15)7-11(12)14/h3-4,7,9H,5-6,8,15H2,1-2H3. The maximum Gasteiger partial charge on any atom is 0.344 e. The summed E-state index contributed by atoms with van der Waals surface area (Å²) in [4.78, 5) is 11.2. The molecule has 0 heterocycles. The summed E-state index contributed by atoms with van der Waals surface area (Å²) < 4.78 is 23.5. The predicted molar refractivity (Wildman–Crippen MR) is 65.9 cm³/mol. The third-order valence-corrected chi connectivity index (χ3v) is 2.14. The smallest absolute Gasteiger partial charge is 0.344 e. The molecule has 5 heteroatoms. The molecule has 0 fully saturated rings. The summed E-state index contributed by atoms with van der Waals surface area (Å²) in [5.41, 5.74) is 6.18. The minimum absolute atomic E-state index is 0.0384. The lowest BCUT2D eigenvalue weighted by Gasteiger charge is -2.10. The number of esters is 1. The van der Waals surface area contributed by atoms with Crippen LogP contribution in [0.2, 0.25) is 0 Å². The largest absolute Gasteiger partial charge is 0.479 e. The van der Waals surface area contributed by atoms with Crippen LogP contribution in [0, 0.1) is 5.82 Å². The van der Waals surface area contributed by atoms with Gasteiger partial charge >= 0.3 is 5.97 Å². The topological polar surface area (TPSA) is 61.5 Å². The van der Waals surface area contributed by atoms with Crippen LogP contribution in [0.25, 0.3) is 0 Å². The van der Waals surface area contributed by atoms with Gasteiger partial charge in [0.15, 0.2) is 18.2 Å². The van der Waals surface area contributed by atoms with Gasteiger partial charge in [0.2, 0.25) is 0 Å². The highest BCUT2D eigenvalue weighted by Crippen LogP contribution is 2.18. The zero-order valence-electron chi connectivity index (χ0n) is 10.6. The van der Waals surface area contributed by atoms with Gasteiger partial charge in [0.05, 0.1) is 6.10 Å². The lowest BCUT2D eigenvalue weighted by Crippen LogP contribution is -2.19. The molecular formula is C13H18FNO3. The van der Waals surface area contributed by atoms with Gasteiger partial charge in [0.1, 0.15) is 0 Å². The summed E-state index contributed by atoms with van der Waals surface area (Å²) in [6, 6.07) is 4.57. The van der Waals surface area contributed by atoms with Gasteiger partial charge < -0.3 is 15.2 Å². The van der Waals surface area contributed by atoms with E-state index in [-0.39, 0.29) is 18.5 Å². The number of carbonyl (C=O) groups is 1. The molecule has 100 valence electrons. The molecular weight excluding hydrogens is 237 g/mol. The van der Waals surface area contributed by atoms with Gasteiger partial charge in [0, 0.05) is 0 Å². The van der Waals surface area contributed by atoms with E-state index in [9.17, 15) is 9.18 Å². The molecule has 0 aliphatic carbocycles. The molecule has 0 radical (unpaired) electrons. The molecule has 0 aromatic heterocycles. The van der Waals surface area contributed by atoms with Crippen molar-refractivity contribution in [2.75, 3.05) is 13.2 Å². The normalized spacial score (nSPS) is 10.5. The molecule has 0 bridgehead atoms. The molecule has 0 saturated carbocycles. The van der Waals surface area contributed by atoms with E-state index in [0.29, 0.717) is 13.0 Å². The molecule has 0 saturated heterocycles. The van der Waals surface area contributed by atoms with Crippen molar-refractivity contribution in [3.63, 3.8) is 0 Å². The minimum Gasteiger partial charge on any atom is -0.479 e. The Morgan fingerprint density at radius 2 is 2.17 bits per heavy atom. The second-order valence-corrected chi connectivity index (χ2v) is 4.13. The molecule has 0 amide bonds. The van der Waals surface area contributed by atoms with Crippen molar-refractivity contribution in [1.29, 1.82) is 0 Å². The van der Waals surface area contributed by atoms with Crippen molar-refractivity contribution < 1.29 is 18.7 Å². The van der Waals surface area contributed by atoms with Gasteiger partial charge in [-0.3, -0.25) is 0 Å². The number of benzene rings is 1. The lowest BCUT2D eigenvalue weighted by molar-refractivity contribution is -0.149. The highest BCUT2D eigenvalue weighted by molar-refractivity contribution is 5.71. The average molecular weight is 255 g/mol. The van der Waals surface area contributed by atoms with Crippen LogP contribution in [-0.2, 0) is 16.0 Å². The molecule has 0 aliphatic heterocycles. The fourth-order valence-corrected chi connectivity index (χ4v) is 1.42. The Morgan fingerprint density at radius 3 is 2.72 bits per heavy atom. The first-order chi connectivity index (χ1) is 8.52. The molecule has 0 unspecified atom stereocenters. The number of hydrogen-bond donors (Lipinski definition) is 1. The Kier molecular flexibility index (Phi) is 5.58. The van der Waals surface area contributed by atoms with Crippen molar-refractivity contribution in [3.05, 3.63) is 29.6 Å². The second-order valence-electron chi connectivity index (χ2n) is 4.13. The Hall–Kier alpha value is -1.62. The van der Waals surface area contributed by atoms with E-state index < -0.39 is 11.8 Å². The molecule has 1 aromatic rings. The number of rotatable bonds is 6. The summed E-state index contributed by atoms with van der Waals surface area (Å²) in [6.07, 6.45) is 0.393. The second kappa shape index (κ2) is 6.96. The van der Waals surface area contributed by atoms with Gasteiger partial charge in [-0.1, -0.05) is 6.07 Å². The lowest BCUT2D eigenvalue weighted by atomic mass is 10.1. The van der Waals surface area contributed by atoms with Crippen LogP contribution < -0.4 is 10.5 Å². The summed E-state index contributed by atoms with van der Waals surface area (Å²) in [6.45, 7) is 3.63.